The average molecular weight is 444 g/mol. The third kappa shape index (κ3) is 5.14. The largest absolute Gasteiger partial charge is 0.497 e. The first-order chi connectivity index (χ1) is 14.8. The van der Waals surface area contributed by atoms with Gasteiger partial charge in [0.2, 0.25) is 21.7 Å². The van der Waals surface area contributed by atoms with Crippen LogP contribution in [0.1, 0.15) is 51.5 Å². The molecule has 1 aromatic heterocycles. The second-order valence-electron chi connectivity index (χ2n) is 7.77. The van der Waals surface area contributed by atoms with Crippen LogP contribution in [0.2, 0.25) is 0 Å². The zero-order valence-corrected chi connectivity index (χ0v) is 19.4. The summed E-state index contributed by atoms with van der Waals surface area (Å²) < 4.78 is 38.7. The van der Waals surface area contributed by atoms with E-state index in [1.54, 1.807) is 19.2 Å². The van der Waals surface area contributed by atoms with Gasteiger partial charge in [-0.25, -0.2) is 8.42 Å². The molecule has 8 heteroatoms. The Labute approximate surface area is 184 Å². The van der Waals surface area contributed by atoms with Crippen molar-refractivity contribution in [3.8, 4) is 17.1 Å². The van der Waals surface area contributed by atoms with Gasteiger partial charge in [0.1, 0.15) is 5.75 Å². The van der Waals surface area contributed by atoms with Crippen molar-refractivity contribution in [1.82, 2.24) is 14.4 Å². The SMILES string of the molecule is CC[C@H](C)N(Cc1nc(-c2ccc(OC)cc2)no1)S(=O)(=O)c1ccc(C(C)C)cc1. The highest BCUT2D eigenvalue weighted by Crippen LogP contribution is 2.25. The summed E-state index contributed by atoms with van der Waals surface area (Å²) in [7, 11) is -2.13. The molecule has 2 aromatic carbocycles. The van der Waals surface area contributed by atoms with Crippen molar-refractivity contribution in [3.63, 3.8) is 0 Å². The minimum absolute atomic E-state index is 0.00638. The van der Waals surface area contributed by atoms with Gasteiger partial charge in [-0.05, 0) is 61.2 Å². The molecule has 3 rings (SSSR count). The quantitative estimate of drug-likeness (QED) is 0.470. The van der Waals surface area contributed by atoms with Crippen LogP contribution < -0.4 is 4.74 Å². The van der Waals surface area contributed by atoms with Gasteiger partial charge in [0.15, 0.2) is 0 Å². The number of rotatable bonds is 9. The van der Waals surface area contributed by atoms with E-state index < -0.39 is 10.0 Å². The van der Waals surface area contributed by atoms with Crippen LogP contribution in [0.15, 0.2) is 57.9 Å². The molecule has 1 heterocycles. The number of methoxy groups -OCH3 is 1. The summed E-state index contributed by atoms with van der Waals surface area (Å²) in [5, 5.41) is 4.02. The van der Waals surface area contributed by atoms with E-state index in [0.29, 0.717) is 18.2 Å². The fraction of sp³-hybridized carbons (Fsp3) is 0.391. The lowest BCUT2D eigenvalue weighted by Crippen LogP contribution is -2.37. The number of nitrogens with zero attached hydrogens (tertiary/aromatic N) is 3. The summed E-state index contributed by atoms with van der Waals surface area (Å²) in [5.41, 5.74) is 1.85. The number of aromatic nitrogens is 2. The summed E-state index contributed by atoms with van der Waals surface area (Å²) >= 11 is 0. The first-order valence-electron chi connectivity index (χ1n) is 10.3. The van der Waals surface area contributed by atoms with Gasteiger partial charge in [0.25, 0.3) is 0 Å². The molecular weight excluding hydrogens is 414 g/mol. The van der Waals surface area contributed by atoms with Crippen LogP contribution in [-0.2, 0) is 16.6 Å². The zero-order chi connectivity index (χ0) is 22.6. The molecule has 0 aliphatic rings. The summed E-state index contributed by atoms with van der Waals surface area (Å²) in [4.78, 5) is 4.67. The molecule has 0 radical (unpaired) electrons. The summed E-state index contributed by atoms with van der Waals surface area (Å²) in [5.74, 6) is 1.70. The minimum atomic E-state index is -3.73. The maximum Gasteiger partial charge on any atom is 0.243 e. The highest BCUT2D eigenvalue weighted by molar-refractivity contribution is 7.89. The molecule has 0 aliphatic heterocycles. The van der Waals surface area contributed by atoms with Crippen LogP contribution in [-0.4, -0.2) is 36.0 Å². The van der Waals surface area contributed by atoms with Gasteiger partial charge >= 0.3 is 0 Å². The van der Waals surface area contributed by atoms with Crippen LogP contribution in [0.25, 0.3) is 11.4 Å². The molecule has 0 bridgehead atoms. The van der Waals surface area contributed by atoms with E-state index in [4.69, 9.17) is 9.26 Å². The Bertz CT molecular complexity index is 1090. The number of hydrogen-bond acceptors (Lipinski definition) is 6. The minimum Gasteiger partial charge on any atom is -0.497 e. The Hall–Kier alpha value is -2.71. The highest BCUT2D eigenvalue weighted by atomic mass is 32.2. The second kappa shape index (κ2) is 9.62. The fourth-order valence-corrected chi connectivity index (χ4v) is 4.81. The molecule has 3 aromatic rings. The van der Waals surface area contributed by atoms with Crippen molar-refractivity contribution in [2.45, 2.75) is 57.5 Å². The van der Waals surface area contributed by atoms with E-state index in [2.05, 4.69) is 24.0 Å². The van der Waals surface area contributed by atoms with Crippen molar-refractivity contribution >= 4 is 10.0 Å². The molecule has 0 N–H and O–H groups in total. The first-order valence-corrected chi connectivity index (χ1v) is 11.8. The van der Waals surface area contributed by atoms with Crippen molar-refractivity contribution in [2.24, 2.45) is 0 Å². The van der Waals surface area contributed by atoms with E-state index in [-0.39, 0.29) is 23.4 Å². The van der Waals surface area contributed by atoms with Crippen molar-refractivity contribution in [3.05, 3.63) is 60.0 Å². The average Bonchev–Trinajstić information content (AvgIpc) is 3.25. The molecular formula is C23H29N3O4S. The molecule has 0 saturated heterocycles. The number of benzene rings is 2. The number of sulfonamides is 1. The zero-order valence-electron chi connectivity index (χ0n) is 18.6. The number of ether oxygens (including phenoxy) is 1. The van der Waals surface area contributed by atoms with Gasteiger partial charge < -0.3 is 9.26 Å². The topological polar surface area (TPSA) is 85.5 Å². The lowest BCUT2D eigenvalue weighted by Gasteiger charge is -2.26. The summed E-state index contributed by atoms with van der Waals surface area (Å²) in [6.07, 6.45) is 0.656. The first kappa shape index (κ1) is 23.0. The van der Waals surface area contributed by atoms with Gasteiger partial charge in [-0.15, -0.1) is 0 Å². The van der Waals surface area contributed by atoms with E-state index in [1.165, 1.54) is 4.31 Å². The molecule has 0 fully saturated rings. The lowest BCUT2D eigenvalue weighted by molar-refractivity contribution is 0.273. The van der Waals surface area contributed by atoms with Gasteiger partial charge in [0.05, 0.1) is 18.6 Å². The highest BCUT2D eigenvalue weighted by Gasteiger charge is 2.30. The predicted octanol–water partition coefficient (Wildman–Crippen LogP) is 4.86. The molecule has 0 saturated carbocycles. The van der Waals surface area contributed by atoms with Gasteiger partial charge in [-0.2, -0.15) is 9.29 Å². The van der Waals surface area contributed by atoms with E-state index >= 15 is 0 Å². The van der Waals surface area contributed by atoms with Crippen LogP contribution in [0.5, 0.6) is 5.75 Å². The van der Waals surface area contributed by atoms with Crippen LogP contribution in [0.3, 0.4) is 0 Å². The second-order valence-corrected chi connectivity index (χ2v) is 9.66. The Morgan fingerprint density at radius 1 is 1.03 bits per heavy atom. The van der Waals surface area contributed by atoms with E-state index in [9.17, 15) is 8.42 Å². The molecule has 0 unspecified atom stereocenters. The van der Waals surface area contributed by atoms with Crippen LogP contribution >= 0.6 is 0 Å². The Kier molecular flexibility index (Phi) is 7.12. The van der Waals surface area contributed by atoms with E-state index in [0.717, 1.165) is 16.9 Å². The van der Waals surface area contributed by atoms with Gasteiger partial charge in [0, 0.05) is 11.6 Å². The standard InChI is InChI=1S/C23H29N3O4S/c1-6-17(4)26(31(27,28)21-13-9-18(10-14-21)16(2)3)15-22-24-23(25-30-22)19-7-11-20(29-5)12-8-19/h7-14,16-17H,6,15H2,1-5H3/t17-/m0/s1. The van der Waals surface area contributed by atoms with Crippen molar-refractivity contribution < 1.29 is 17.7 Å². The lowest BCUT2D eigenvalue weighted by atomic mass is 10.0. The van der Waals surface area contributed by atoms with Crippen LogP contribution in [0.4, 0.5) is 0 Å². The van der Waals surface area contributed by atoms with E-state index in [1.807, 2.05) is 50.2 Å². The normalized spacial score (nSPS) is 13.0. The number of hydrogen-bond donors (Lipinski definition) is 0. The molecule has 0 aliphatic carbocycles. The predicted molar refractivity (Wildman–Crippen MR) is 119 cm³/mol. The van der Waals surface area contributed by atoms with Crippen LogP contribution in [0, 0.1) is 0 Å². The molecule has 7 nitrogen and oxygen atoms in total. The molecule has 31 heavy (non-hydrogen) atoms. The summed E-state index contributed by atoms with van der Waals surface area (Å²) in [6.45, 7) is 7.98. The Morgan fingerprint density at radius 2 is 1.68 bits per heavy atom. The van der Waals surface area contributed by atoms with Crippen molar-refractivity contribution in [1.29, 1.82) is 0 Å². The van der Waals surface area contributed by atoms with Gasteiger partial charge in [-0.1, -0.05) is 38.1 Å². The maximum atomic E-state index is 13.4. The molecule has 166 valence electrons. The Morgan fingerprint density at radius 3 is 2.23 bits per heavy atom. The molecule has 0 amide bonds. The third-order valence-corrected chi connectivity index (χ3v) is 7.32. The Balaban J connectivity index is 1.87. The fourth-order valence-electron chi connectivity index (χ4n) is 3.15. The maximum absolute atomic E-state index is 13.4. The molecule has 0 spiro atoms. The third-order valence-electron chi connectivity index (χ3n) is 5.34. The monoisotopic (exact) mass is 443 g/mol. The smallest absolute Gasteiger partial charge is 0.243 e. The van der Waals surface area contributed by atoms with Gasteiger partial charge in [-0.3, -0.25) is 0 Å². The molecule has 1 atom stereocenters. The summed E-state index contributed by atoms with van der Waals surface area (Å²) in [6, 6.07) is 14.1. The van der Waals surface area contributed by atoms with Crippen molar-refractivity contribution in [2.75, 3.05) is 7.11 Å².